The van der Waals surface area contributed by atoms with Crippen LogP contribution in [0.5, 0.6) is 0 Å². The number of hydrogen-bond acceptors (Lipinski definition) is 3. The Morgan fingerprint density at radius 3 is 2.62 bits per heavy atom. The molecule has 1 saturated carbocycles. The van der Waals surface area contributed by atoms with Gasteiger partial charge in [-0.25, -0.2) is 22.3 Å². The van der Waals surface area contributed by atoms with Crippen molar-refractivity contribution in [3.63, 3.8) is 0 Å². The number of sulfonamides is 1. The van der Waals surface area contributed by atoms with Gasteiger partial charge in [0, 0.05) is 11.0 Å². The molecule has 0 spiro atoms. The highest BCUT2D eigenvalue weighted by Crippen LogP contribution is 2.29. The molecule has 21 heavy (non-hydrogen) atoms. The van der Waals surface area contributed by atoms with E-state index in [0.29, 0.717) is 12.3 Å². The number of rotatable bonds is 6. The van der Waals surface area contributed by atoms with E-state index in [4.69, 9.17) is 5.11 Å². The number of carboxylic acid groups (broad SMARTS) is 1. The van der Waals surface area contributed by atoms with Crippen molar-refractivity contribution in [2.45, 2.75) is 30.6 Å². The summed E-state index contributed by atoms with van der Waals surface area (Å²) in [7, 11) is -4.07. The van der Waals surface area contributed by atoms with E-state index in [1.165, 1.54) is 6.42 Å². The summed E-state index contributed by atoms with van der Waals surface area (Å²) < 4.78 is 40.8. The Hall–Kier alpha value is -0.990. The van der Waals surface area contributed by atoms with Crippen LogP contribution in [0.3, 0.4) is 0 Å². The molecule has 0 aliphatic heterocycles. The lowest BCUT2D eigenvalue weighted by atomic mass is 9.83. The van der Waals surface area contributed by atoms with Gasteiger partial charge in [0.2, 0.25) is 10.0 Å². The molecule has 1 aromatic carbocycles. The topological polar surface area (TPSA) is 83.5 Å². The number of nitrogens with one attached hydrogen (secondary N) is 1. The van der Waals surface area contributed by atoms with E-state index in [0.717, 1.165) is 25.0 Å². The fourth-order valence-corrected chi connectivity index (χ4v) is 3.95. The third kappa shape index (κ3) is 3.81. The summed E-state index contributed by atoms with van der Waals surface area (Å²) in [5.74, 6) is -2.24. The third-order valence-corrected chi connectivity index (χ3v) is 5.51. The molecule has 1 aromatic rings. The van der Waals surface area contributed by atoms with Crippen LogP contribution in [0.25, 0.3) is 0 Å². The summed E-state index contributed by atoms with van der Waals surface area (Å²) >= 11 is 3.00. The quantitative estimate of drug-likeness (QED) is 0.795. The second-order valence-electron chi connectivity index (χ2n) is 5.05. The summed E-state index contributed by atoms with van der Waals surface area (Å²) in [5, 5.41) is 8.89. The fraction of sp³-hybridized carbons (Fsp3) is 0.462. The van der Waals surface area contributed by atoms with E-state index in [2.05, 4.69) is 20.7 Å². The van der Waals surface area contributed by atoms with Gasteiger partial charge >= 0.3 is 5.97 Å². The molecule has 1 aliphatic rings. The molecule has 116 valence electrons. The highest BCUT2D eigenvalue weighted by Gasteiger charge is 2.25. The Bertz CT molecular complexity index is 658. The van der Waals surface area contributed by atoms with Gasteiger partial charge in [-0.05, 0) is 24.5 Å². The first-order chi connectivity index (χ1) is 9.81. The first-order valence-corrected chi connectivity index (χ1v) is 8.81. The van der Waals surface area contributed by atoms with Crippen LogP contribution in [-0.4, -0.2) is 26.0 Å². The lowest BCUT2D eigenvalue weighted by molar-refractivity contribution is 0.0691. The Balaban J connectivity index is 2.20. The molecule has 0 radical (unpaired) electrons. The van der Waals surface area contributed by atoms with E-state index < -0.39 is 32.3 Å². The monoisotopic (exact) mass is 379 g/mol. The van der Waals surface area contributed by atoms with E-state index in [1.54, 1.807) is 0 Å². The molecule has 2 N–H and O–H groups in total. The highest BCUT2D eigenvalue weighted by atomic mass is 79.9. The summed E-state index contributed by atoms with van der Waals surface area (Å²) in [6, 6.07) is 2.10. The molecule has 0 unspecified atom stereocenters. The second kappa shape index (κ2) is 6.41. The molecule has 0 saturated heterocycles. The Morgan fingerprint density at radius 2 is 2.10 bits per heavy atom. The Kier molecular flexibility index (Phi) is 5.00. The average Bonchev–Trinajstić information content (AvgIpc) is 2.34. The minimum absolute atomic E-state index is 0.195. The van der Waals surface area contributed by atoms with Gasteiger partial charge in [-0.1, -0.05) is 35.2 Å². The van der Waals surface area contributed by atoms with Gasteiger partial charge in [0.15, 0.2) is 5.82 Å². The smallest absolute Gasteiger partial charge is 0.338 e. The summed E-state index contributed by atoms with van der Waals surface area (Å²) in [5.41, 5.74) is -0.677. The first-order valence-electron chi connectivity index (χ1n) is 6.53. The lowest BCUT2D eigenvalue weighted by Crippen LogP contribution is -2.28. The molecule has 0 atom stereocenters. The number of benzene rings is 1. The van der Waals surface area contributed by atoms with Gasteiger partial charge in [-0.3, -0.25) is 0 Å². The Labute approximate surface area is 130 Å². The zero-order valence-corrected chi connectivity index (χ0v) is 13.5. The number of carboxylic acids is 1. The number of aromatic carboxylic acids is 1. The van der Waals surface area contributed by atoms with Gasteiger partial charge in [0.1, 0.15) is 4.90 Å². The van der Waals surface area contributed by atoms with Gasteiger partial charge in [0.25, 0.3) is 0 Å². The van der Waals surface area contributed by atoms with Crippen LogP contribution in [0.15, 0.2) is 21.5 Å². The summed E-state index contributed by atoms with van der Waals surface area (Å²) in [4.78, 5) is 10.3. The van der Waals surface area contributed by atoms with Crippen molar-refractivity contribution in [3.8, 4) is 0 Å². The van der Waals surface area contributed by atoms with Gasteiger partial charge in [0.05, 0.1) is 5.56 Å². The van der Waals surface area contributed by atoms with Crippen molar-refractivity contribution < 1.29 is 22.7 Å². The standard InChI is InChI=1S/C13H15BrFNO4S/c14-9-6-10(13(17)18)12(15)11(7-9)21(19,20)16-5-4-8-2-1-3-8/h6-8,16H,1-5H2,(H,17,18). The van der Waals surface area contributed by atoms with Crippen molar-refractivity contribution in [1.82, 2.24) is 4.72 Å². The van der Waals surface area contributed by atoms with Crippen molar-refractivity contribution in [2.24, 2.45) is 5.92 Å². The third-order valence-electron chi connectivity index (χ3n) is 3.59. The molecule has 8 heteroatoms. The molecule has 1 aliphatic carbocycles. The predicted molar refractivity (Wildman–Crippen MR) is 78.2 cm³/mol. The van der Waals surface area contributed by atoms with Crippen molar-refractivity contribution >= 4 is 31.9 Å². The van der Waals surface area contributed by atoms with Crippen LogP contribution < -0.4 is 4.72 Å². The van der Waals surface area contributed by atoms with Crippen molar-refractivity contribution in [2.75, 3.05) is 6.54 Å². The van der Waals surface area contributed by atoms with Crippen LogP contribution in [0.4, 0.5) is 4.39 Å². The maximum absolute atomic E-state index is 14.0. The van der Waals surface area contributed by atoms with Gasteiger partial charge < -0.3 is 5.11 Å². The first kappa shape index (κ1) is 16.4. The van der Waals surface area contributed by atoms with E-state index in [9.17, 15) is 17.6 Å². The fourth-order valence-electron chi connectivity index (χ4n) is 2.17. The minimum atomic E-state index is -4.07. The van der Waals surface area contributed by atoms with Crippen LogP contribution >= 0.6 is 15.9 Å². The number of hydrogen-bond donors (Lipinski definition) is 2. The van der Waals surface area contributed by atoms with Crippen molar-refractivity contribution in [3.05, 3.63) is 28.0 Å². The molecule has 0 amide bonds. The minimum Gasteiger partial charge on any atom is -0.478 e. The van der Waals surface area contributed by atoms with Gasteiger partial charge in [-0.2, -0.15) is 0 Å². The molecule has 0 bridgehead atoms. The maximum Gasteiger partial charge on any atom is 0.338 e. The molecule has 0 aromatic heterocycles. The molecule has 5 nitrogen and oxygen atoms in total. The lowest BCUT2D eigenvalue weighted by Gasteiger charge is -2.25. The Morgan fingerprint density at radius 1 is 1.43 bits per heavy atom. The summed E-state index contributed by atoms with van der Waals surface area (Å²) in [6.07, 6.45) is 4.06. The highest BCUT2D eigenvalue weighted by molar-refractivity contribution is 9.10. The van der Waals surface area contributed by atoms with Crippen LogP contribution in [0, 0.1) is 11.7 Å². The van der Waals surface area contributed by atoms with Gasteiger partial charge in [-0.15, -0.1) is 0 Å². The SMILES string of the molecule is O=C(O)c1cc(Br)cc(S(=O)(=O)NCCC2CCC2)c1F. The van der Waals surface area contributed by atoms with Crippen LogP contribution in [0.1, 0.15) is 36.0 Å². The summed E-state index contributed by atoms with van der Waals surface area (Å²) in [6.45, 7) is 0.224. The van der Waals surface area contributed by atoms with Crippen LogP contribution in [0.2, 0.25) is 0 Å². The average molecular weight is 380 g/mol. The largest absolute Gasteiger partial charge is 0.478 e. The number of carbonyl (C=O) groups is 1. The zero-order chi connectivity index (χ0) is 15.6. The molecule has 2 rings (SSSR count). The normalized spacial score (nSPS) is 15.7. The molecule has 0 heterocycles. The maximum atomic E-state index is 14.0. The molecule has 1 fully saturated rings. The molecular weight excluding hydrogens is 365 g/mol. The predicted octanol–water partition coefficient (Wildman–Crippen LogP) is 2.75. The van der Waals surface area contributed by atoms with E-state index in [1.807, 2.05) is 0 Å². The number of halogens is 2. The molecular formula is C13H15BrFNO4S. The van der Waals surface area contributed by atoms with E-state index >= 15 is 0 Å². The second-order valence-corrected chi connectivity index (χ2v) is 7.71. The zero-order valence-electron chi connectivity index (χ0n) is 11.1. The van der Waals surface area contributed by atoms with E-state index in [-0.39, 0.29) is 11.0 Å². The van der Waals surface area contributed by atoms with Crippen LogP contribution in [-0.2, 0) is 10.0 Å². The van der Waals surface area contributed by atoms with Crippen molar-refractivity contribution in [1.29, 1.82) is 0 Å².